The maximum atomic E-state index is 12.4. The number of sulfonamides is 1. The van der Waals surface area contributed by atoms with Crippen LogP contribution in [-0.4, -0.2) is 48.4 Å². The third kappa shape index (κ3) is 4.41. The molecule has 0 radical (unpaired) electrons. The lowest BCUT2D eigenvalue weighted by Gasteiger charge is -2.16. The number of hydrogen-bond acceptors (Lipinski definition) is 5. The first kappa shape index (κ1) is 16.2. The van der Waals surface area contributed by atoms with E-state index in [4.69, 9.17) is 9.47 Å². The molecule has 7 heteroatoms. The van der Waals surface area contributed by atoms with Gasteiger partial charge in [-0.1, -0.05) is 6.07 Å². The molecular formula is C14H22N2O4S. The monoisotopic (exact) mass is 314 g/mol. The molecule has 1 heterocycles. The molecule has 0 saturated carbocycles. The van der Waals surface area contributed by atoms with Gasteiger partial charge in [0, 0.05) is 25.6 Å². The average molecular weight is 314 g/mol. The SMILES string of the molecule is COc1ccc(C)cc1S(=O)(=O)NCC1CNCCOC1. The topological polar surface area (TPSA) is 76.7 Å². The van der Waals surface area contributed by atoms with Gasteiger partial charge >= 0.3 is 0 Å². The summed E-state index contributed by atoms with van der Waals surface area (Å²) in [6.07, 6.45) is 0. The zero-order valence-corrected chi connectivity index (χ0v) is 13.2. The van der Waals surface area contributed by atoms with E-state index in [1.54, 1.807) is 12.1 Å². The lowest BCUT2D eigenvalue weighted by molar-refractivity contribution is 0.124. The lowest BCUT2D eigenvalue weighted by Crippen LogP contribution is -2.35. The molecule has 118 valence electrons. The lowest BCUT2D eigenvalue weighted by atomic mass is 10.2. The highest BCUT2D eigenvalue weighted by atomic mass is 32.2. The Morgan fingerprint density at radius 1 is 1.48 bits per heavy atom. The van der Waals surface area contributed by atoms with Crippen molar-refractivity contribution in [3.63, 3.8) is 0 Å². The first-order valence-corrected chi connectivity index (χ1v) is 8.44. The quantitative estimate of drug-likeness (QED) is 0.828. The largest absolute Gasteiger partial charge is 0.495 e. The molecule has 21 heavy (non-hydrogen) atoms. The first-order chi connectivity index (χ1) is 10.0. The van der Waals surface area contributed by atoms with Gasteiger partial charge in [-0.05, 0) is 24.6 Å². The van der Waals surface area contributed by atoms with Crippen LogP contribution < -0.4 is 14.8 Å². The van der Waals surface area contributed by atoms with E-state index in [0.717, 1.165) is 18.7 Å². The van der Waals surface area contributed by atoms with Crippen molar-refractivity contribution in [3.8, 4) is 5.75 Å². The van der Waals surface area contributed by atoms with Crippen LogP contribution in [0.2, 0.25) is 0 Å². The van der Waals surface area contributed by atoms with E-state index in [1.807, 2.05) is 13.0 Å². The number of benzene rings is 1. The third-order valence-electron chi connectivity index (χ3n) is 3.38. The second-order valence-corrected chi connectivity index (χ2v) is 6.89. The minimum Gasteiger partial charge on any atom is -0.495 e. The molecule has 2 rings (SSSR count). The Bertz CT molecular complexity index is 566. The zero-order chi connectivity index (χ0) is 15.3. The summed E-state index contributed by atoms with van der Waals surface area (Å²) in [5.41, 5.74) is 0.871. The molecule has 1 aromatic rings. The summed E-state index contributed by atoms with van der Waals surface area (Å²) in [6.45, 7) is 4.95. The van der Waals surface area contributed by atoms with E-state index in [1.165, 1.54) is 7.11 Å². The number of aryl methyl sites for hydroxylation is 1. The van der Waals surface area contributed by atoms with Crippen molar-refractivity contribution in [2.24, 2.45) is 5.92 Å². The Hall–Kier alpha value is -1.15. The molecule has 1 atom stereocenters. The van der Waals surface area contributed by atoms with Crippen LogP contribution >= 0.6 is 0 Å². The van der Waals surface area contributed by atoms with Gasteiger partial charge in [-0.2, -0.15) is 0 Å². The van der Waals surface area contributed by atoms with E-state index in [0.29, 0.717) is 25.5 Å². The predicted molar refractivity (Wildman–Crippen MR) is 80.1 cm³/mol. The Morgan fingerprint density at radius 3 is 3.05 bits per heavy atom. The summed E-state index contributed by atoms with van der Waals surface area (Å²) >= 11 is 0. The maximum absolute atomic E-state index is 12.4. The van der Waals surface area contributed by atoms with Crippen molar-refractivity contribution >= 4 is 10.0 Å². The number of rotatable bonds is 5. The normalized spacial score (nSPS) is 20.0. The molecule has 0 aromatic heterocycles. The molecule has 0 bridgehead atoms. The molecule has 1 aromatic carbocycles. The summed E-state index contributed by atoms with van der Waals surface area (Å²) in [5, 5.41) is 3.22. The van der Waals surface area contributed by atoms with Crippen LogP contribution in [0.1, 0.15) is 5.56 Å². The summed E-state index contributed by atoms with van der Waals surface area (Å²) in [5.74, 6) is 0.474. The smallest absolute Gasteiger partial charge is 0.244 e. The number of methoxy groups -OCH3 is 1. The minimum atomic E-state index is -3.60. The van der Waals surface area contributed by atoms with E-state index in [-0.39, 0.29) is 10.8 Å². The van der Waals surface area contributed by atoms with Gasteiger partial charge in [-0.3, -0.25) is 0 Å². The number of ether oxygens (including phenoxy) is 2. The first-order valence-electron chi connectivity index (χ1n) is 6.95. The van der Waals surface area contributed by atoms with Crippen molar-refractivity contribution < 1.29 is 17.9 Å². The van der Waals surface area contributed by atoms with Crippen molar-refractivity contribution in [1.29, 1.82) is 0 Å². The molecule has 1 unspecified atom stereocenters. The van der Waals surface area contributed by atoms with E-state index >= 15 is 0 Å². The van der Waals surface area contributed by atoms with Crippen LogP contribution in [0.5, 0.6) is 5.75 Å². The average Bonchev–Trinajstić information content (AvgIpc) is 2.74. The van der Waals surface area contributed by atoms with Gasteiger partial charge in [0.25, 0.3) is 0 Å². The minimum absolute atomic E-state index is 0.123. The highest BCUT2D eigenvalue weighted by Crippen LogP contribution is 2.24. The van der Waals surface area contributed by atoms with Gasteiger partial charge in [0.05, 0.1) is 20.3 Å². The number of hydrogen-bond donors (Lipinski definition) is 2. The van der Waals surface area contributed by atoms with E-state index < -0.39 is 10.0 Å². The molecule has 0 amide bonds. The highest BCUT2D eigenvalue weighted by Gasteiger charge is 2.22. The summed E-state index contributed by atoms with van der Waals surface area (Å²) < 4.78 is 38.1. The van der Waals surface area contributed by atoms with Crippen LogP contribution in [0, 0.1) is 12.8 Å². The van der Waals surface area contributed by atoms with Crippen molar-refractivity contribution in [2.75, 3.05) is 40.0 Å². The van der Waals surface area contributed by atoms with Crippen molar-refractivity contribution in [1.82, 2.24) is 10.0 Å². The van der Waals surface area contributed by atoms with Gasteiger partial charge in [-0.25, -0.2) is 13.1 Å². The summed E-state index contributed by atoms with van der Waals surface area (Å²) in [6, 6.07) is 5.10. The molecule has 1 saturated heterocycles. The third-order valence-corrected chi connectivity index (χ3v) is 4.83. The Kier molecular flexibility index (Phi) is 5.58. The van der Waals surface area contributed by atoms with Gasteiger partial charge < -0.3 is 14.8 Å². The van der Waals surface area contributed by atoms with Crippen molar-refractivity contribution in [3.05, 3.63) is 23.8 Å². The molecule has 0 spiro atoms. The molecule has 0 aliphatic carbocycles. The van der Waals surface area contributed by atoms with Gasteiger partial charge in [0.15, 0.2) is 0 Å². The maximum Gasteiger partial charge on any atom is 0.244 e. The predicted octanol–water partition coefficient (Wildman–Crippen LogP) is 0.518. The van der Waals surface area contributed by atoms with Crippen LogP contribution in [0.3, 0.4) is 0 Å². The fourth-order valence-electron chi connectivity index (χ4n) is 2.19. The van der Waals surface area contributed by atoms with E-state index in [9.17, 15) is 8.42 Å². The fourth-order valence-corrected chi connectivity index (χ4v) is 3.56. The molecule has 1 fully saturated rings. The van der Waals surface area contributed by atoms with Gasteiger partial charge in [0.1, 0.15) is 10.6 Å². The fraction of sp³-hybridized carbons (Fsp3) is 0.571. The summed E-state index contributed by atoms with van der Waals surface area (Å²) in [7, 11) is -2.13. The van der Waals surface area contributed by atoms with Crippen LogP contribution in [0.4, 0.5) is 0 Å². The molecule has 6 nitrogen and oxygen atoms in total. The molecule has 1 aliphatic rings. The second-order valence-electron chi connectivity index (χ2n) is 5.15. The standard InChI is InChI=1S/C14H22N2O4S/c1-11-3-4-13(19-2)14(7-11)21(17,18)16-9-12-8-15-5-6-20-10-12/h3-4,7,12,15-16H,5-6,8-10H2,1-2H3. The molecule has 2 N–H and O–H groups in total. The summed E-state index contributed by atoms with van der Waals surface area (Å²) in [4.78, 5) is 0.174. The Labute approximate surface area is 125 Å². The zero-order valence-electron chi connectivity index (χ0n) is 12.4. The van der Waals surface area contributed by atoms with Gasteiger partial charge in [0.2, 0.25) is 10.0 Å². The van der Waals surface area contributed by atoms with Crippen LogP contribution in [0.25, 0.3) is 0 Å². The van der Waals surface area contributed by atoms with Crippen LogP contribution in [-0.2, 0) is 14.8 Å². The Balaban J connectivity index is 2.09. The van der Waals surface area contributed by atoms with E-state index in [2.05, 4.69) is 10.0 Å². The molecule has 1 aliphatic heterocycles. The molecular weight excluding hydrogens is 292 g/mol. The van der Waals surface area contributed by atoms with Gasteiger partial charge in [-0.15, -0.1) is 0 Å². The second kappa shape index (κ2) is 7.22. The number of nitrogens with one attached hydrogen (secondary N) is 2. The van der Waals surface area contributed by atoms with Crippen molar-refractivity contribution in [2.45, 2.75) is 11.8 Å². The van der Waals surface area contributed by atoms with Crippen LogP contribution in [0.15, 0.2) is 23.1 Å². The highest BCUT2D eigenvalue weighted by molar-refractivity contribution is 7.89. The Morgan fingerprint density at radius 2 is 2.29 bits per heavy atom.